The highest BCUT2D eigenvalue weighted by molar-refractivity contribution is 7.14. The summed E-state index contributed by atoms with van der Waals surface area (Å²) in [7, 11) is 0. The van der Waals surface area contributed by atoms with Crippen molar-refractivity contribution in [1.29, 1.82) is 0 Å². The van der Waals surface area contributed by atoms with Crippen LogP contribution in [0, 0.1) is 11.6 Å². The Labute approximate surface area is 141 Å². The molecule has 1 aromatic heterocycles. The first-order valence-electron chi connectivity index (χ1n) is 7.53. The maximum Gasteiger partial charge on any atom is 0.349 e. The molecule has 0 bridgehead atoms. The van der Waals surface area contributed by atoms with Crippen LogP contribution in [0.1, 0.15) is 33.5 Å². The minimum atomic E-state index is -1.17. The molecule has 1 heterocycles. The summed E-state index contributed by atoms with van der Waals surface area (Å²) in [5.74, 6) is -3.18. The Morgan fingerprint density at radius 2 is 1.96 bits per heavy atom. The number of hydrogen-bond donors (Lipinski definition) is 1. The summed E-state index contributed by atoms with van der Waals surface area (Å²) >= 11 is 1.37. The largest absolute Gasteiger partial charge is 0.448 e. The molecule has 24 heavy (non-hydrogen) atoms. The minimum Gasteiger partial charge on any atom is -0.448 e. The molecule has 1 aliphatic carbocycles. The second-order valence-electron chi connectivity index (χ2n) is 5.55. The maximum absolute atomic E-state index is 13.5. The van der Waals surface area contributed by atoms with Gasteiger partial charge < -0.3 is 10.1 Å². The number of halogens is 2. The Hall–Kier alpha value is -2.28. The van der Waals surface area contributed by atoms with Gasteiger partial charge >= 0.3 is 5.97 Å². The molecule has 1 N–H and O–H groups in total. The quantitative estimate of drug-likeness (QED) is 0.855. The molecule has 1 aliphatic rings. The molecule has 126 valence electrons. The molecule has 4 nitrogen and oxygen atoms in total. The van der Waals surface area contributed by atoms with Gasteiger partial charge in [-0.25, -0.2) is 13.6 Å². The van der Waals surface area contributed by atoms with E-state index in [9.17, 15) is 18.4 Å². The number of anilines is 1. The smallest absolute Gasteiger partial charge is 0.349 e. The van der Waals surface area contributed by atoms with Crippen molar-refractivity contribution in [2.24, 2.45) is 0 Å². The highest BCUT2D eigenvalue weighted by Crippen LogP contribution is 2.31. The molecule has 0 aliphatic heterocycles. The van der Waals surface area contributed by atoms with Crippen molar-refractivity contribution in [3.05, 3.63) is 51.2 Å². The fraction of sp³-hybridized carbons (Fsp3) is 0.294. The molecule has 0 unspecified atom stereocenters. The normalized spacial score (nSPS) is 14.1. The number of fused-ring (bicyclic) bond motifs is 1. The van der Waals surface area contributed by atoms with E-state index in [1.807, 2.05) is 0 Å². The van der Waals surface area contributed by atoms with Gasteiger partial charge in [-0.15, -0.1) is 11.3 Å². The van der Waals surface area contributed by atoms with E-state index in [4.69, 9.17) is 4.74 Å². The average Bonchev–Trinajstić information content (AvgIpc) is 3.12. The number of hydrogen-bond acceptors (Lipinski definition) is 4. The van der Waals surface area contributed by atoms with E-state index in [0.717, 1.165) is 37.0 Å². The van der Waals surface area contributed by atoms with Gasteiger partial charge in [-0.3, -0.25) is 4.79 Å². The number of benzene rings is 1. The van der Waals surface area contributed by atoms with Crippen LogP contribution in [0.15, 0.2) is 24.3 Å². The zero-order valence-electron chi connectivity index (χ0n) is 12.9. The van der Waals surface area contributed by atoms with Gasteiger partial charge in [0, 0.05) is 4.88 Å². The molecular formula is C17H15F2NO3S. The van der Waals surface area contributed by atoms with E-state index in [0.29, 0.717) is 4.88 Å². The molecule has 2 aromatic rings. The summed E-state index contributed by atoms with van der Waals surface area (Å²) in [6, 6.07) is 5.04. The molecule has 3 rings (SSSR count). The topological polar surface area (TPSA) is 55.4 Å². The summed E-state index contributed by atoms with van der Waals surface area (Å²) in [6.45, 7) is 1.35. The lowest BCUT2D eigenvalue weighted by Gasteiger charge is -2.13. The highest BCUT2D eigenvalue weighted by atomic mass is 32.1. The van der Waals surface area contributed by atoms with Crippen LogP contribution in [0.4, 0.5) is 14.5 Å². The molecule has 7 heteroatoms. The first kappa shape index (κ1) is 16.6. The van der Waals surface area contributed by atoms with Crippen molar-refractivity contribution in [3.63, 3.8) is 0 Å². The van der Waals surface area contributed by atoms with Crippen LogP contribution in [-0.4, -0.2) is 18.0 Å². The molecule has 0 saturated carbocycles. The van der Waals surface area contributed by atoms with E-state index in [2.05, 4.69) is 5.32 Å². The summed E-state index contributed by atoms with van der Waals surface area (Å²) in [6.07, 6.45) is 1.81. The summed E-state index contributed by atoms with van der Waals surface area (Å²) in [5, 5.41) is 2.11. The molecule has 0 spiro atoms. The van der Waals surface area contributed by atoms with E-state index in [1.165, 1.54) is 29.2 Å². The second kappa shape index (κ2) is 6.68. The number of ether oxygens (including phenoxy) is 1. The number of carbonyl (C=O) groups excluding carboxylic acids is 2. The minimum absolute atomic E-state index is 0.441. The highest BCUT2D eigenvalue weighted by Gasteiger charge is 2.24. The van der Waals surface area contributed by atoms with Crippen molar-refractivity contribution in [2.45, 2.75) is 32.3 Å². The summed E-state index contributed by atoms with van der Waals surface area (Å²) in [5.41, 5.74) is 0.595. The third kappa shape index (κ3) is 3.31. The Bertz CT molecular complexity index is 761. The van der Waals surface area contributed by atoms with Gasteiger partial charge in [0.05, 0.1) is 0 Å². The molecule has 1 atom stereocenters. The zero-order valence-corrected chi connectivity index (χ0v) is 13.7. The van der Waals surface area contributed by atoms with Crippen molar-refractivity contribution in [2.75, 3.05) is 5.32 Å². The van der Waals surface area contributed by atoms with E-state index >= 15 is 0 Å². The fourth-order valence-corrected chi connectivity index (χ4v) is 3.68. The second-order valence-corrected chi connectivity index (χ2v) is 6.68. The van der Waals surface area contributed by atoms with Crippen molar-refractivity contribution >= 4 is 28.9 Å². The SMILES string of the molecule is C[C@@H](OC(=O)c1cc2c(s1)CCC2)C(=O)Nc1c(F)cccc1F. The van der Waals surface area contributed by atoms with E-state index in [-0.39, 0.29) is 0 Å². The lowest BCUT2D eigenvalue weighted by Crippen LogP contribution is -2.30. The first-order valence-corrected chi connectivity index (χ1v) is 8.35. The van der Waals surface area contributed by atoms with Gasteiger partial charge in [0.25, 0.3) is 5.91 Å². The van der Waals surface area contributed by atoms with Gasteiger partial charge in [-0.2, -0.15) is 0 Å². The molecule has 0 fully saturated rings. The van der Waals surface area contributed by atoms with E-state index in [1.54, 1.807) is 6.07 Å². The van der Waals surface area contributed by atoms with E-state index < -0.39 is 35.3 Å². The molecular weight excluding hydrogens is 336 g/mol. The number of carbonyl (C=O) groups is 2. The lowest BCUT2D eigenvalue weighted by atomic mass is 10.2. The Kier molecular flexibility index (Phi) is 4.62. The van der Waals surface area contributed by atoms with Crippen LogP contribution >= 0.6 is 11.3 Å². The average molecular weight is 351 g/mol. The van der Waals surface area contributed by atoms with Crippen LogP contribution in [0.3, 0.4) is 0 Å². The number of rotatable bonds is 4. The fourth-order valence-electron chi connectivity index (χ4n) is 2.54. The third-order valence-electron chi connectivity index (χ3n) is 3.81. The number of amides is 1. The number of aryl methyl sites for hydroxylation is 2. The van der Waals surface area contributed by atoms with Gasteiger partial charge in [0.2, 0.25) is 0 Å². The van der Waals surface area contributed by atoms with Gasteiger partial charge in [-0.05, 0) is 49.9 Å². The van der Waals surface area contributed by atoms with Crippen LogP contribution in [0.2, 0.25) is 0 Å². The van der Waals surface area contributed by atoms with Gasteiger partial charge in [-0.1, -0.05) is 6.07 Å². The maximum atomic E-state index is 13.5. The van der Waals surface area contributed by atoms with Gasteiger partial charge in [0.1, 0.15) is 22.2 Å². The van der Waals surface area contributed by atoms with Crippen molar-refractivity contribution < 1.29 is 23.1 Å². The molecule has 0 radical (unpaired) electrons. The molecule has 0 saturated heterocycles. The number of nitrogens with one attached hydrogen (secondary N) is 1. The first-order chi connectivity index (χ1) is 11.5. The van der Waals surface area contributed by atoms with Crippen LogP contribution < -0.4 is 5.32 Å². The third-order valence-corrected chi connectivity index (χ3v) is 5.03. The summed E-state index contributed by atoms with van der Waals surface area (Å²) in [4.78, 5) is 25.7. The number of esters is 1. The monoisotopic (exact) mass is 351 g/mol. The van der Waals surface area contributed by atoms with Crippen LogP contribution in [0.25, 0.3) is 0 Å². The Morgan fingerprint density at radius 1 is 1.25 bits per heavy atom. The zero-order chi connectivity index (χ0) is 17.3. The predicted molar refractivity (Wildman–Crippen MR) is 86.2 cm³/mol. The van der Waals surface area contributed by atoms with Crippen LogP contribution in [-0.2, 0) is 22.4 Å². The van der Waals surface area contributed by atoms with Crippen molar-refractivity contribution in [1.82, 2.24) is 0 Å². The number of para-hydroxylation sites is 1. The lowest BCUT2D eigenvalue weighted by molar-refractivity contribution is -0.123. The van der Waals surface area contributed by atoms with Crippen LogP contribution in [0.5, 0.6) is 0 Å². The predicted octanol–water partition coefficient (Wildman–Crippen LogP) is 3.70. The standard InChI is InChI=1S/C17H15F2NO3S/c1-9(16(21)20-15-11(18)5-3-6-12(15)19)23-17(22)14-8-10-4-2-7-13(10)24-14/h3,5-6,8-9H,2,4,7H2,1H3,(H,20,21)/t9-/m1/s1. The Balaban J connectivity index is 1.64. The van der Waals surface area contributed by atoms with Gasteiger partial charge in [0.15, 0.2) is 6.10 Å². The number of thiophene rings is 1. The molecule has 1 amide bonds. The molecule has 1 aromatic carbocycles. The van der Waals surface area contributed by atoms with Crippen molar-refractivity contribution in [3.8, 4) is 0 Å². The Morgan fingerprint density at radius 3 is 2.62 bits per heavy atom. The summed E-state index contributed by atoms with van der Waals surface area (Å²) < 4.78 is 32.2.